The monoisotopic (exact) mass is 326 g/mol. The zero-order valence-corrected chi connectivity index (χ0v) is 14.1. The first-order chi connectivity index (χ1) is 11.1. The SMILES string of the molecule is CCSc1ccccc1NC(=O)c1cc(C)n2nc(C)cc2n1. The molecular formula is C17H18N4OS. The van der Waals surface area contributed by atoms with Crippen LogP contribution in [0.25, 0.3) is 5.65 Å². The van der Waals surface area contributed by atoms with Crippen molar-refractivity contribution in [3.05, 3.63) is 53.5 Å². The van der Waals surface area contributed by atoms with E-state index < -0.39 is 0 Å². The van der Waals surface area contributed by atoms with Crippen LogP contribution in [0.1, 0.15) is 28.8 Å². The van der Waals surface area contributed by atoms with Gasteiger partial charge in [0.1, 0.15) is 5.69 Å². The Balaban J connectivity index is 1.92. The number of carbonyl (C=O) groups is 1. The molecule has 0 aliphatic rings. The molecule has 0 atom stereocenters. The summed E-state index contributed by atoms with van der Waals surface area (Å²) in [5.41, 5.74) is 3.65. The molecule has 1 aromatic carbocycles. The van der Waals surface area contributed by atoms with Gasteiger partial charge in [-0.3, -0.25) is 4.79 Å². The smallest absolute Gasteiger partial charge is 0.274 e. The third-order valence-electron chi connectivity index (χ3n) is 3.40. The second-order valence-corrected chi connectivity index (χ2v) is 6.53. The highest BCUT2D eigenvalue weighted by atomic mass is 32.2. The van der Waals surface area contributed by atoms with Crippen molar-refractivity contribution in [2.24, 2.45) is 0 Å². The first-order valence-corrected chi connectivity index (χ1v) is 8.44. The predicted molar refractivity (Wildman–Crippen MR) is 93.3 cm³/mol. The number of benzene rings is 1. The highest BCUT2D eigenvalue weighted by Crippen LogP contribution is 2.27. The average molecular weight is 326 g/mol. The molecule has 0 fully saturated rings. The van der Waals surface area contributed by atoms with Gasteiger partial charge in [0.25, 0.3) is 5.91 Å². The Morgan fingerprint density at radius 2 is 2.04 bits per heavy atom. The number of carbonyl (C=O) groups excluding carboxylic acids is 1. The Hall–Kier alpha value is -2.34. The van der Waals surface area contributed by atoms with E-state index in [4.69, 9.17) is 0 Å². The minimum Gasteiger partial charge on any atom is -0.320 e. The number of aryl methyl sites for hydroxylation is 2. The van der Waals surface area contributed by atoms with Crippen LogP contribution in [0, 0.1) is 13.8 Å². The van der Waals surface area contributed by atoms with E-state index in [1.54, 1.807) is 22.3 Å². The first kappa shape index (κ1) is 15.6. The van der Waals surface area contributed by atoms with Gasteiger partial charge in [-0.05, 0) is 37.8 Å². The Morgan fingerprint density at radius 1 is 1.26 bits per heavy atom. The molecule has 3 aromatic rings. The number of hydrogen-bond donors (Lipinski definition) is 1. The number of hydrogen-bond acceptors (Lipinski definition) is 4. The van der Waals surface area contributed by atoms with Gasteiger partial charge in [0.2, 0.25) is 0 Å². The van der Waals surface area contributed by atoms with E-state index in [0.717, 1.165) is 27.7 Å². The van der Waals surface area contributed by atoms with Gasteiger partial charge in [-0.1, -0.05) is 19.1 Å². The average Bonchev–Trinajstić information content (AvgIpc) is 2.90. The zero-order valence-electron chi connectivity index (χ0n) is 13.3. The van der Waals surface area contributed by atoms with Gasteiger partial charge in [-0.15, -0.1) is 11.8 Å². The molecule has 0 unspecified atom stereocenters. The molecule has 0 spiro atoms. The molecule has 1 amide bonds. The Bertz CT molecular complexity index is 872. The van der Waals surface area contributed by atoms with Crippen molar-refractivity contribution in [3.63, 3.8) is 0 Å². The summed E-state index contributed by atoms with van der Waals surface area (Å²) < 4.78 is 1.74. The van der Waals surface area contributed by atoms with E-state index in [9.17, 15) is 4.79 Å². The van der Waals surface area contributed by atoms with Crippen LogP contribution in [0.2, 0.25) is 0 Å². The Kier molecular flexibility index (Phi) is 4.34. The molecule has 2 heterocycles. The molecule has 23 heavy (non-hydrogen) atoms. The van der Waals surface area contributed by atoms with Crippen LogP contribution in [-0.4, -0.2) is 26.3 Å². The molecule has 0 saturated carbocycles. The van der Waals surface area contributed by atoms with Crippen LogP contribution in [-0.2, 0) is 0 Å². The van der Waals surface area contributed by atoms with E-state index in [1.807, 2.05) is 44.2 Å². The number of aromatic nitrogens is 3. The van der Waals surface area contributed by atoms with Gasteiger partial charge < -0.3 is 5.32 Å². The van der Waals surface area contributed by atoms with E-state index in [1.165, 1.54) is 0 Å². The van der Waals surface area contributed by atoms with Crippen molar-refractivity contribution in [3.8, 4) is 0 Å². The van der Waals surface area contributed by atoms with Crippen molar-refractivity contribution < 1.29 is 4.79 Å². The number of thioether (sulfide) groups is 1. The Morgan fingerprint density at radius 3 is 2.83 bits per heavy atom. The summed E-state index contributed by atoms with van der Waals surface area (Å²) in [6, 6.07) is 11.4. The molecule has 1 N–H and O–H groups in total. The van der Waals surface area contributed by atoms with Crippen molar-refractivity contribution in [1.29, 1.82) is 0 Å². The lowest BCUT2D eigenvalue weighted by atomic mass is 10.2. The summed E-state index contributed by atoms with van der Waals surface area (Å²) in [7, 11) is 0. The topological polar surface area (TPSA) is 59.3 Å². The lowest BCUT2D eigenvalue weighted by molar-refractivity contribution is 0.102. The lowest BCUT2D eigenvalue weighted by Gasteiger charge is -2.10. The summed E-state index contributed by atoms with van der Waals surface area (Å²) >= 11 is 1.70. The minimum absolute atomic E-state index is 0.210. The number of fused-ring (bicyclic) bond motifs is 1. The van der Waals surface area contributed by atoms with Crippen molar-refractivity contribution in [1.82, 2.24) is 14.6 Å². The number of anilines is 1. The highest BCUT2D eigenvalue weighted by molar-refractivity contribution is 7.99. The maximum atomic E-state index is 12.6. The van der Waals surface area contributed by atoms with Crippen molar-refractivity contribution >= 4 is 29.0 Å². The molecule has 0 radical (unpaired) electrons. The van der Waals surface area contributed by atoms with Crippen LogP contribution in [0.4, 0.5) is 5.69 Å². The van der Waals surface area contributed by atoms with Crippen molar-refractivity contribution in [2.45, 2.75) is 25.7 Å². The number of amides is 1. The molecule has 0 saturated heterocycles. The molecule has 6 heteroatoms. The molecule has 0 bridgehead atoms. The number of nitrogens with zero attached hydrogens (tertiary/aromatic N) is 3. The van der Waals surface area contributed by atoms with Gasteiger partial charge in [0.15, 0.2) is 5.65 Å². The van der Waals surface area contributed by atoms with E-state index in [-0.39, 0.29) is 5.91 Å². The van der Waals surface area contributed by atoms with E-state index >= 15 is 0 Å². The van der Waals surface area contributed by atoms with Gasteiger partial charge in [-0.25, -0.2) is 9.50 Å². The van der Waals surface area contributed by atoms with Crippen LogP contribution in [0.5, 0.6) is 0 Å². The predicted octanol–water partition coefficient (Wildman–Crippen LogP) is 3.71. The molecule has 3 rings (SSSR count). The number of rotatable bonds is 4. The lowest BCUT2D eigenvalue weighted by Crippen LogP contribution is -2.15. The van der Waals surface area contributed by atoms with Gasteiger partial charge >= 0.3 is 0 Å². The van der Waals surface area contributed by atoms with Crippen molar-refractivity contribution in [2.75, 3.05) is 11.1 Å². The number of nitrogens with one attached hydrogen (secondary N) is 1. The second kappa shape index (κ2) is 6.42. The minimum atomic E-state index is -0.210. The van der Waals surface area contributed by atoms with Gasteiger partial charge in [-0.2, -0.15) is 5.10 Å². The second-order valence-electron chi connectivity index (χ2n) is 5.22. The summed E-state index contributed by atoms with van der Waals surface area (Å²) in [4.78, 5) is 18.0. The van der Waals surface area contributed by atoms with Crippen LogP contribution in [0.15, 0.2) is 41.3 Å². The normalized spacial score (nSPS) is 10.9. The maximum Gasteiger partial charge on any atom is 0.274 e. The third kappa shape index (κ3) is 3.22. The molecule has 0 aliphatic heterocycles. The van der Waals surface area contributed by atoms with Gasteiger partial charge in [0.05, 0.1) is 11.4 Å². The molecule has 0 aliphatic carbocycles. The van der Waals surface area contributed by atoms with Crippen LogP contribution in [0.3, 0.4) is 0 Å². The standard InChI is InChI=1S/C17H18N4OS/c1-4-23-15-8-6-5-7-13(15)19-17(22)14-10-12(3)21-16(18-14)9-11(2)20-21/h5-10H,4H2,1-3H3,(H,19,22). The van der Waals surface area contributed by atoms with E-state index in [0.29, 0.717) is 11.3 Å². The summed E-state index contributed by atoms with van der Waals surface area (Å²) in [6.45, 7) is 5.91. The molecular weight excluding hydrogens is 308 g/mol. The fourth-order valence-corrected chi connectivity index (χ4v) is 3.15. The molecule has 5 nitrogen and oxygen atoms in total. The fraction of sp³-hybridized carbons (Fsp3) is 0.235. The first-order valence-electron chi connectivity index (χ1n) is 7.45. The highest BCUT2D eigenvalue weighted by Gasteiger charge is 2.13. The maximum absolute atomic E-state index is 12.6. The number of para-hydroxylation sites is 1. The summed E-state index contributed by atoms with van der Waals surface area (Å²) in [6.07, 6.45) is 0. The Labute approximate surface area is 139 Å². The van der Waals surface area contributed by atoms with Gasteiger partial charge in [0, 0.05) is 16.7 Å². The molecule has 118 valence electrons. The van der Waals surface area contributed by atoms with Crippen LogP contribution >= 0.6 is 11.8 Å². The third-order valence-corrected chi connectivity index (χ3v) is 4.35. The largest absolute Gasteiger partial charge is 0.320 e. The fourth-order valence-electron chi connectivity index (χ4n) is 2.39. The quantitative estimate of drug-likeness (QED) is 0.743. The summed E-state index contributed by atoms with van der Waals surface area (Å²) in [5.74, 6) is 0.740. The summed E-state index contributed by atoms with van der Waals surface area (Å²) in [5, 5.41) is 7.31. The molecule has 2 aromatic heterocycles. The zero-order chi connectivity index (χ0) is 16.4. The van der Waals surface area contributed by atoms with Crippen LogP contribution < -0.4 is 5.32 Å². The van der Waals surface area contributed by atoms with E-state index in [2.05, 4.69) is 22.3 Å².